The van der Waals surface area contributed by atoms with Gasteiger partial charge in [0.05, 0.1) is 10.6 Å². The Balaban J connectivity index is 0.000000240. The number of nitrogens with zero attached hydrogens (tertiary/aromatic N) is 1. The molecule has 1 aliphatic heterocycles. The Labute approximate surface area is 131 Å². The molecule has 1 amide bonds. The molecule has 0 saturated carbocycles. The summed E-state index contributed by atoms with van der Waals surface area (Å²) in [5.74, 6) is 0.292. The van der Waals surface area contributed by atoms with Gasteiger partial charge in [0.15, 0.2) is 0 Å². The van der Waals surface area contributed by atoms with Crippen LogP contribution in [-0.2, 0) is 4.79 Å². The number of benzene rings is 1. The van der Waals surface area contributed by atoms with Crippen molar-refractivity contribution in [2.45, 2.75) is 12.8 Å². The van der Waals surface area contributed by atoms with E-state index < -0.39 is 10.5 Å². The predicted molar refractivity (Wildman–Crippen MR) is 78.7 cm³/mol. The summed E-state index contributed by atoms with van der Waals surface area (Å²) in [6.45, 7) is 0.957. The molecule has 4 nitrogen and oxygen atoms in total. The summed E-state index contributed by atoms with van der Waals surface area (Å²) in [5, 5.41) is -1.18. The van der Waals surface area contributed by atoms with Crippen molar-refractivity contribution in [2.75, 3.05) is 13.6 Å². The van der Waals surface area contributed by atoms with Crippen molar-refractivity contribution >= 4 is 51.2 Å². The molecule has 108 valence electrons. The van der Waals surface area contributed by atoms with Crippen molar-refractivity contribution in [2.24, 2.45) is 0 Å². The second-order valence-electron chi connectivity index (χ2n) is 4.16. The van der Waals surface area contributed by atoms with Crippen LogP contribution in [0.15, 0.2) is 18.2 Å². The number of carbonyl (C=O) groups is 3. The first-order chi connectivity index (χ1) is 9.32. The topological polar surface area (TPSA) is 54.5 Å². The highest BCUT2D eigenvalue weighted by Gasteiger charge is 2.14. The van der Waals surface area contributed by atoms with E-state index in [2.05, 4.69) is 0 Å². The van der Waals surface area contributed by atoms with Gasteiger partial charge in [0.1, 0.15) is 0 Å². The minimum absolute atomic E-state index is 0.117. The zero-order chi connectivity index (χ0) is 15.3. The Kier molecular flexibility index (Phi) is 6.46. The average molecular weight is 337 g/mol. The van der Waals surface area contributed by atoms with E-state index in [4.69, 9.17) is 34.8 Å². The second-order valence-corrected chi connectivity index (χ2v) is 5.25. The smallest absolute Gasteiger partial charge is 0.253 e. The van der Waals surface area contributed by atoms with E-state index in [0.717, 1.165) is 19.4 Å². The minimum atomic E-state index is -0.668. The summed E-state index contributed by atoms with van der Waals surface area (Å²) >= 11 is 16.0. The largest absolute Gasteiger partial charge is 0.346 e. The van der Waals surface area contributed by atoms with Crippen LogP contribution in [0.1, 0.15) is 33.6 Å². The molecule has 0 unspecified atom stereocenters. The molecule has 0 bridgehead atoms. The van der Waals surface area contributed by atoms with Gasteiger partial charge in [-0.25, -0.2) is 0 Å². The minimum Gasteiger partial charge on any atom is -0.346 e. The molecule has 0 N–H and O–H groups in total. The van der Waals surface area contributed by atoms with Gasteiger partial charge >= 0.3 is 0 Å². The van der Waals surface area contributed by atoms with E-state index in [1.54, 1.807) is 4.90 Å². The van der Waals surface area contributed by atoms with Gasteiger partial charge in [0.25, 0.3) is 10.5 Å². The third kappa shape index (κ3) is 4.78. The van der Waals surface area contributed by atoms with Crippen LogP contribution in [0.2, 0.25) is 5.02 Å². The Bertz CT molecular complexity index is 546. The molecule has 1 aliphatic rings. The summed E-state index contributed by atoms with van der Waals surface area (Å²) in [6, 6.07) is 4.04. The van der Waals surface area contributed by atoms with E-state index in [9.17, 15) is 14.4 Å². The van der Waals surface area contributed by atoms with Crippen LogP contribution in [0.3, 0.4) is 0 Å². The Morgan fingerprint density at radius 1 is 1.20 bits per heavy atom. The van der Waals surface area contributed by atoms with Gasteiger partial charge in [-0.15, -0.1) is 0 Å². The highest BCUT2D eigenvalue weighted by molar-refractivity contribution is 6.69. The number of hydrogen-bond acceptors (Lipinski definition) is 3. The van der Waals surface area contributed by atoms with Crippen molar-refractivity contribution in [3.8, 4) is 0 Å². The lowest BCUT2D eigenvalue weighted by atomic mass is 10.1. The first-order valence-electron chi connectivity index (χ1n) is 5.76. The molecule has 0 radical (unpaired) electrons. The zero-order valence-corrected chi connectivity index (χ0v) is 12.9. The molecule has 7 heteroatoms. The number of rotatable bonds is 2. The zero-order valence-electron chi connectivity index (χ0n) is 10.7. The van der Waals surface area contributed by atoms with Gasteiger partial charge < -0.3 is 4.90 Å². The van der Waals surface area contributed by atoms with Gasteiger partial charge in [0.2, 0.25) is 5.91 Å². The van der Waals surface area contributed by atoms with Crippen LogP contribution in [0.25, 0.3) is 0 Å². The van der Waals surface area contributed by atoms with Crippen molar-refractivity contribution in [3.05, 3.63) is 34.3 Å². The van der Waals surface area contributed by atoms with Crippen LogP contribution in [0.5, 0.6) is 0 Å². The average Bonchev–Trinajstić information content (AvgIpc) is 2.73. The standard InChI is InChI=1S/C8H3Cl3O2.C5H9NO/c9-6-3-4(7(10)12)1-2-5(6)8(11)13;1-6-4-2-3-5(6)7/h1-3H;2-4H2,1H3. The fourth-order valence-electron chi connectivity index (χ4n) is 1.58. The number of likely N-dealkylation sites (tertiary alicyclic amines) is 1. The van der Waals surface area contributed by atoms with Gasteiger partial charge in [-0.05, 0) is 47.8 Å². The quantitative estimate of drug-likeness (QED) is 0.778. The number of halogens is 3. The summed E-state index contributed by atoms with van der Waals surface area (Å²) in [5.41, 5.74) is 0.387. The van der Waals surface area contributed by atoms with Crippen LogP contribution < -0.4 is 0 Å². The van der Waals surface area contributed by atoms with E-state index in [1.165, 1.54) is 18.2 Å². The van der Waals surface area contributed by atoms with Gasteiger partial charge in [-0.2, -0.15) is 0 Å². The molecule has 0 aliphatic carbocycles. The monoisotopic (exact) mass is 335 g/mol. The molecule has 0 spiro atoms. The molecule has 1 aromatic carbocycles. The van der Waals surface area contributed by atoms with Crippen LogP contribution in [0, 0.1) is 0 Å². The summed E-state index contributed by atoms with van der Waals surface area (Å²) in [4.78, 5) is 33.6. The lowest BCUT2D eigenvalue weighted by molar-refractivity contribution is -0.126. The molecule has 0 aromatic heterocycles. The van der Waals surface area contributed by atoms with E-state index in [-0.39, 0.29) is 16.1 Å². The molecule has 0 atom stereocenters. The van der Waals surface area contributed by atoms with Gasteiger partial charge in [0, 0.05) is 25.6 Å². The molecule has 2 rings (SSSR count). The molecular formula is C13H12Cl3NO3. The van der Waals surface area contributed by atoms with Crippen molar-refractivity contribution < 1.29 is 14.4 Å². The normalized spacial score (nSPS) is 13.8. The van der Waals surface area contributed by atoms with E-state index in [1.807, 2.05) is 7.05 Å². The fraction of sp³-hybridized carbons (Fsp3) is 0.308. The Morgan fingerprint density at radius 3 is 2.15 bits per heavy atom. The Hall–Kier alpha value is -1.10. The van der Waals surface area contributed by atoms with Crippen molar-refractivity contribution in [1.82, 2.24) is 4.90 Å². The molecule has 20 heavy (non-hydrogen) atoms. The SMILES string of the molecule is CN1CCCC1=O.O=C(Cl)c1ccc(C(=O)Cl)c(Cl)c1. The van der Waals surface area contributed by atoms with E-state index in [0.29, 0.717) is 5.91 Å². The molecule has 1 aromatic rings. The predicted octanol–water partition coefficient (Wildman–Crippen LogP) is 3.34. The third-order valence-electron chi connectivity index (χ3n) is 2.72. The van der Waals surface area contributed by atoms with Crippen LogP contribution in [0.4, 0.5) is 0 Å². The van der Waals surface area contributed by atoms with Crippen LogP contribution in [-0.4, -0.2) is 34.9 Å². The molecule has 1 heterocycles. The molecular weight excluding hydrogens is 325 g/mol. The number of amides is 1. The maximum Gasteiger partial charge on any atom is 0.253 e. The maximum atomic E-state index is 10.7. The van der Waals surface area contributed by atoms with Crippen LogP contribution >= 0.6 is 34.8 Å². The first kappa shape index (κ1) is 17.0. The second kappa shape index (κ2) is 7.62. The molecule has 1 fully saturated rings. The van der Waals surface area contributed by atoms with E-state index >= 15 is 0 Å². The highest BCUT2D eigenvalue weighted by atomic mass is 35.5. The number of hydrogen-bond donors (Lipinski definition) is 0. The maximum absolute atomic E-state index is 10.7. The van der Waals surface area contributed by atoms with Crippen molar-refractivity contribution in [3.63, 3.8) is 0 Å². The first-order valence-corrected chi connectivity index (χ1v) is 6.89. The lowest BCUT2D eigenvalue weighted by Gasteiger charge is -2.03. The third-order valence-corrected chi connectivity index (χ3v) is 3.45. The fourth-order valence-corrected chi connectivity index (χ4v) is 2.18. The highest BCUT2D eigenvalue weighted by Crippen LogP contribution is 2.20. The van der Waals surface area contributed by atoms with Gasteiger partial charge in [-0.1, -0.05) is 11.6 Å². The number of carbonyl (C=O) groups excluding carboxylic acids is 3. The summed E-state index contributed by atoms with van der Waals surface area (Å²) < 4.78 is 0. The lowest BCUT2D eigenvalue weighted by Crippen LogP contribution is -2.17. The summed E-state index contributed by atoms with van der Waals surface area (Å²) in [7, 11) is 1.84. The van der Waals surface area contributed by atoms with Gasteiger partial charge in [-0.3, -0.25) is 14.4 Å². The summed E-state index contributed by atoms with van der Waals surface area (Å²) in [6.07, 6.45) is 1.81. The molecule has 1 saturated heterocycles. The Morgan fingerprint density at radius 2 is 1.85 bits per heavy atom. The van der Waals surface area contributed by atoms with Crippen molar-refractivity contribution in [1.29, 1.82) is 0 Å².